The molecule has 72 valence electrons. The first-order valence-corrected chi connectivity index (χ1v) is 4.53. The van der Waals surface area contributed by atoms with Crippen LogP contribution in [0.5, 0.6) is 0 Å². The number of hydrogen-bond acceptors (Lipinski definition) is 2. The quantitative estimate of drug-likeness (QED) is 0.622. The Bertz CT molecular complexity index is 222. The number of methoxy groups -OCH3 is 1. The summed E-state index contributed by atoms with van der Waals surface area (Å²) in [6.45, 7) is 7.51. The molecule has 2 nitrogen and oxygen atoms in total. The van der Waals surface area contributed by atoms with Crippen LogP contribution in [0.2, 0.25) is 0 Å². The zero-order valence-corrected chi connectivity index (χ0v) is 8.08. The highest BCUT2D eigenvalue weighted by molar-refractivity contribution is 5.85. The highest BCUT2D eigenvalue weighted by Gasteiger charge is 2.41. The SMILES string of the molecule is C=CC1(C=C)CCCC(=O)C1OC. The van der Waals surface area contributed by atoms with Gasteiger partial charge in [-0.15, -0.1) is 13.2 Å². The minimum absolute atomic E-state index is 0.161. The first-order chi connectivity index (χ1) is 6.20. The maximum atomic E-state index is 11.5. The first kappa shape index (κ1) is 10.2. The van der Waals surface area contributed by atoms with E-state index >= 15 is 0 Å². The van der Waals surface area contributed by atoms with Gasteiger partial charge < -0.3 is 4.74 Å². The molecule has 0 saturated heterocycles. The van der Waals surface area contributed by atoms with Crippen molar-refractivity contribution in [3.05, 3.63) is 25.3 Å². The Kier molecular flexibility index (Phi) is 3.04. The molecule has 1 fully saturated rings. The fourth-order valence-electron chi connectivity index (χ4n) is 1.98. The molecule has 0 aromatic heterocycles. The summed E-state index contributed by atoms with van der Waals surface area (Å²) >= 11 is 0. The van der Waals surface area contributed by atoms with Crippen LogP contribution in [-0.2, 0) is 9.53 Å². The zero-order chi connectivity index (χ0) is 9.90. The summed E-state index contributed by atoms with van der Waals surface area (Å²) in [5, 5.41) is 0. The molecule has 1 atom stereocenters. The Morgan fingerprint density at radius 3 is 2.54 bits per heavy atom. The van der Waals surface area contributed by atoms with Crippen LogP contribution >= 0.6 is 0 Å². The maximum Gasteiger partial charge on any atom is 0.162 e. The van der Waals surface area contributed by atoms with Crippen LogP contribution in [0.1, 0.15) is 19.3 Å². The van der Waals surface area contributed by atoms with E-state index in [-0.39, 0.29) is 17.3 Å². The van der Waals surface area contributed by atoms with E-state index in [1.54, 1.807) is 19.3 Å². The van der Waals surface area contributed by atoms with Crippen LogP contribution in [0.3, 0.4) is 0 Å². The van der Waals surface area contributed by atoms with Crippen molar-refractivity contribution in [3.63, 3.8) is 0 Å². The summed E-state index contributed by atoms with van der Waals surface area (Å²) in [6, 6.07) is 0. The monoisotopic (exact) mass is 180 g/mol. The van der Waals surface area contributed by atoms with Crippen molar-refractivity contribution in [1.82, 2.24) is 0 Å². The number of carbonyl (C=O) groups is 1. The topological polar surface area (TPSA) is 26.3 Å². The van der Waals surface area contributed by atoms with Gasteiger partial charge >= 0.3 is 0 Å². The standard InChI is InChI=1S/C11H16O2/c1-4-11(5-2)8-6-7-9(12)10(11)13-3/h4-5,10H,1-2,6-8H2,3H3. The lowest BCUT2D eigenvalue weighted by molar-refractivity contribution is -0.136. The molecular formula is C11H16O2. The van der Waals surface area contributed by atoms with E-state index in [9.17, 15) is 4.79 Å². The Balaban J connectivity index is 2.97. The third-order valence-electron chi connectivity index (χ3n) is 2.81. The highest BCUT2D eigenvalue weighted by atomic mass is 16.5. The van der Waals surface area contributed by atoms with Crippen LogP contribution in [-0.4, -0.2) is 19.0 Å². The minimum atomic E-state index is -0.378. The maximum absolute atomic E-state index is 11.5. The van der Waals surface area contributed by atoms with Crippen molar-refractivity contribution in [2.75, 3.05) is 7.11 Å². The van der Waals surface area contributed by atoms with Gasteiger partial charge in [-0.2, -0.15) is 0 Å². The Morgan fingerprint density at radius 2 is 2.15 bits per heavy atom. The predicted molar refractivity (Wildman–Crippen MR) is 52.5 cm³/mol. The zero-order valence-electron chi connectivity index (χ0n) is 8.08. The molecule has 0 aromatic carbocycles. The highest BCUT2D eigenvalue weighted by Crippen LogP contribution is 2.38. The van der Waals surface area contributed by atoms with E-state index in [4.69, 9.17) is 4.74 Å². The van der Waals surface area contributed by atoms with Gasteiger partial charge in [0.05, 0.1) is 0 Å². The molecule has 1 saturated carbocycles. The summed E-state index contributed by atoms with van der Waals surface area (Å²) in [4.78, 5) is 11.5. The molecule has 2 heteroatoms. The van der Waals surface area contributed by atoms with E-state index in [1.807, 2.05) is 0 Å². The van der Waals surface area contributed by atoms with Gasteiger partial charge in [-0.3, -0.25) is 4.79 Å². The first-order valence-electron chi connectivity index (χ1n) is 4.53. The fraction of sp³-hybridized carbons (Fsp3) is 0.545. The smallest absolute Gasteiger partial charge is 0.162 e. The number of rotatable bonds is 3. The van der Waals surface area contributed by atoms with Crippen LogP contribution < -0.4 is 0 Å². The third kappa shape index (κ3) is 1.59. The van der Waals surface area contributed by atoms with E-state index in [0.29, 0.717) is 6.42 Å². The Morgan fingerprint density at radius 1 is 1.54 bits per heavy atom. The molecular weight excluding hydrogens is 164 g/mol. The predicted octanol–water partition coefficient (Wildman–Crippen LogP) is 2.11. The minimum Gasteiger partial charge on any atom is -0.372 e. The molecule has 1 unspecified atom stereocenters. The van der Waals surface area contributed by atoms with Crippen molar-refractivity contribution in [1.29, 1.82) is 0 Å². The molecule has 0 heterocycles. The molecule has 0 radical (unpaired) electrons. The average molecular weight is 180 g/mol. The van der Waals surface area contributed by atoms with Crippen molar-refractivity contribution in [3.8, 4) is 0 Å². The molecule has 0 aliphatic heterocycles. The van der Waals surface area contributed by atoms with Crippen molar-refractivity contribution < 1.29 is 9.53 Å². The van der Waals surface area contributed by atoms with Gasteiger partial charge in [0.25, 0.3) is 0 Å². The lowest BCUT2D eigenvalue weighted by Gasteiger charge is -2.37. The average Bonchev–Trinajstić information content (AvgIpc) is 2.17. The molecule has 0 amide bonds. The molecule has 1 rings (SSSR count). The summed E-state index contributed by atoms with van der Waals surface area (Å²) in [7, 11) is 1.57. The van der Waals surface area contributed by atoms with Gasteiger partial charge in [-0.05, 0) is 12.8 Å². The molecule has 0 spiro atoms. The van der Waals surface area contributed by atoms with Crippen molar-refractivity contribution >= 4 is 5.78 Å². The fourth-order valence-corrected chi connectivity index (χ4v) is 1.98. The van der Waals surface area contributed by atoms with E-state index in [2.05, 4.69) is 13.2 Å². The number of ketones is 1. The van der Waals surface area contributed by atoms with Crippen LogP contribution in [0, 0.1) is 5.41 Å². The number of carbonyl (C=O) groups excluding carboxylic acids is 1. The molecule has 13 heavy (non-hydrogen) atoms. The Hall–Kier alpha value is -0.890. The lowest BCUT2D eigenvalue weighted by atomic mass is 9.71. The molecule has 1 aliphatic rings. The van der Waals surface area contributed by atoms with Gasteiger partial charge in [-0.1, -0.05) is 12.2 Å². The van der Waals surface area contributed by atoms with Crippen molar-refractivity contribution in [2.45, 2.75) is 25.4 Å². The molecule has 0 bridgehead atoms. The van der Waals surface area contributed by atoms with Gasteiger partial charge in [0, 0.05) is 18.9 Å². The van der Waals surface area contributed by atoms with Gasteiger partial charge in [0.2, 0.25) is 0 Å². The summed E-state index contributed by atoms with van der Waals surface area (Å²) in [6.07, 6.45) is 5.61. The van der Waals surface area contributed by atoms with E-state index in [0.717, 1.165) is 12.8 Å². The van der Waals surface area contributed by atoms with E-state index in [1.165, 1.54) is 0 Å². The summed E-state index contributed by atoms with van der Waals surface area (Å²) < 4.78 is 5.21. The van der Waals surface area contributed by atoms with E-state index < -0.39 is 0 Å². The molecule has 0 N–H and O–H groups in total. The van der Waals surface area contributed by atoms with Crippen LogP contribution in [0.4, 0.5) is 0 Å². The number of Topliss-reactive ketones (excluding diaryl/α,β-unsaturated/α-hetero) is 1. The van der Waals surface area contributed by atoms with Crippen LogP contribution in [0.15, 0.2) is 25.3 Å². The largest absolute Gasteiger partial charge is 0.372 e. The molecule has 1 aliphatic carbocycles. The third-order valence-corrected chi connectivity index (χ3v) is 2.81. The Labute approximate surface area is 79.3 Å². The van der Waals surface area contributed by atoms with Gasteiger partial charge in [-0.25, -0.2) is 0 Å². The van der Waals surface area contributed by atoms with Gasteiger partial charge in [0.15, 0.2) is 5.78 Å². The second-order valence-electron chi connectivity index (χ2n) is 3.46. The molecule has 0 aromatic rings. The summed E-state index contributed by atoms with van der Waals surface area (Å²) in [5.74, 6) is 0.161. The summed E-state index contributed by atoms with van der Waals surface area (Å²) in [5.41, 5.74) is -0.343. The number of hydrogen-bond donors (Lipinski definition) is 0. The van der Waals surface area contributed by atoms with Crippen LogP contribution in [0.25, 0.3) is 0 Å². The van der Waals surface area contributed by atoms with Gasteiger partial charge in [0.1, 0.15) is 6.10 Å². The lowest BCUT2D eigenvalue weighted by Crippen LogP contribution is -2.42. The normalized spacial score (nSPS) is 26.8. The van der Waals surface area contributed by atoms with Crippen molar-refractivity contribution in [2.24, 2.45) is 5.41 Å². The second-order valence-corrected chi connectivity index (χ2v) is 3.46. The number of ether oxygens (including phenoxy) is 1. The second kappa shape index (κ2) is 3.88.